The number of ketones is 1. The summed E-state index contributed by atoms with van der Waals surface area (Å²) in [6.45, 7) is 3.08. The average molecular weight is 452 g/mol. The minimum atomic E-state index is -3.68. The Morgan fingerprint density at radius 3 is 2.29 bits per heavy atom. The number of nitrogens with two attached hydrogens (primary N) is 1. The van der Waals surface area contributed by atoms with Crippen LogP contribution in [0.1, 0.15) is 41.0 Å². The topological polar surface area (TPSA) is 160 Å². The summed E-state index contributed by atoms with van der Waals surface area (Å²) >= 11 is 0. The van der Waals surface area contributed by atoms with Gasteiger partial charge in [0, 0.05) is 20.1 Å². The zero-order valence-corrected chi connectivity index (χ0v) is 18.2. The van der Waals surface area contributed by atoms with Crippen LogP contribution < -0.4 is 21.7 Å². The summed E-state index contributed by atoms with van der Waals surface area (Å²) in [5.41, 5.74) is 3.92. The van der Waals surface area contributed by atoms with Crippen molar-refractivity contribution in [2.24, 2.45) is 7.05 Å². The van der Waals surface area contributed by atoms with E-state index in [1.807, 2.05) is 0 Å². The Labute approximate surface area is 178 Å². The van der Waals surface area contributed by atoms with Crippen molar-refractivity contribution in [3.8, 4) is 0 Å². The maximum atomic E-state index is 12.5. The lowest BCUT2D eigenvalue weighted by Crippen LogP contribution is -2.43. The van der Waals surface area contributed by atoms with E-state index in [0.717, 1.165) is 9.13 Å². The lowest BCUT2D eigenvalue weighted by atomic mass is 10.2. The molecule has 0 saturated carbocycles. The van der Waals surface area contributed by atoms with Gasteiger partial charge >= 0.3 is 11.7 Å². The van der Waals surface area contributed by atoms with Gasteiger partial charge in [-0.05, 0) is 30.7 Å². The number of hydrogen-bond acceptors (Lipinski definition) is 8. The van der Waals surface area contributed by atoms with Crippen molar-refractivity contribution in [3.05, 3.63) is 56.2 Å². The number of hydrogen-bond donors (Lipinski definition) is 2. The van der Waals surface area contributed by atoms with E-state index in [-0.39, 0.29) is 29.4 Å². The minimum absolute atomic E-state index is 0.0140. The van der Waals surface area contributed by atoms with Gasteiger partial charge in [-0.15, -0.1) is 0 Å². The Morgan fingerprint density at radius 2 is 1.74 bits per heavy atom. The second-order valence-electron chi connectivity index (χ2n) is 6.58. The van der Waals surface area contributed by atoms with Crippen LogP contribution in [-0.4, -0.2) is 42.5 Å². The summed E-state index contributed by atoms with van der Waals surface area (Å²) in [6.07, 6.45) is 0.546. The SMILES string of the molecule is CCCn1c(N)c(C(=O)COC(=O)c2ccc(S(=O)(=O)NCC)cc2)c(=O)n(C)c1=O. The Bertz CT molecular complexity index is 1210. The first-order valence-electron chi connectivity index (χ1n) is 9.44. The van der Waals surface area contributed by atoms with Crippen molar-refractivity contribution in [3.63, 3.8) is 0 Å². The van der Waals surface area contributed by atoms with Gasteiger partial charge in [0.05, 0.1) is 10.5 Å². The molecule has 12 heteroatoms. The number of nitrogens with one attached hydrogen (secondary N) is 1. The molecule has 0 aliphatic rings. The van der Waals surface area contributed by atoms with Gasteiger partial charge in [-0.1, -0.05) is 13.8 Å². The van der Waals surface area contributed by atoms with Crippen LogP contribution in [-0.2, 0) is 28.4 Å². The number of nitrogen functional groups attached to an aromatic ring is 1. The van der Waals surface area contributed by atoms with Gasteiger partial charge in [-0.25, -0.2) is 22.7 Å². The Hall–Kier alpha value is -3.25. The van der Waals surface area contributed by atoms with E-state index < -0.39 is 45.2 Å². The molecule has 168 valence electrons. The number of esters is 1. The van der Waals surface area contributed by atoms with Gasteiger partial charge in [0.25, 0.3) is 5.56 Å². The van der Waals surface area contributed by atoms with E-state index in [4.69, 9.17) is 10.5 Å². The van der Waals surface area contributed by atoms with Crippen LogP contribution in [0, 0.1) is 0 Å². The molecular formula is C19H24N4O7S. The highest BCUT2D eigenvalue weighted by Gasteiger charge is 2.23. The van der Waals surface area contributed by atoms with Gasteiger partial charge in [-0.2, -0.15) is 0 Å². The number of rotatable bonds is 9. The number of nitrogens with zero attached hydrogens (tertiary/aromatic N) is 2. The molecule has 0 radical (unpaired) electrons. The molecule has 2 rings (SSSR count). The maximum absolute atomic E-state index is 12.5. The molecule has 0 fully saturated rings. The quantitative estimate of drug-likeness (QED) is 0.393. The zero-order valence-electron chi connectivity index (χ0n) is 17.4. The van der Waals surface area contributed by atoms with Gasteiger partial charge < -0.3 is 10.5 Å². The third-order valence-corrected chi connectivity index (χ3v) is 5.94. The largest absolute Gasteiger partial charge is 0.454 e. The molecule has 0 atom stereocenters. The van der Waals surface area contributed by atoms with Crippen molar-refractivity contribution in [1.82, 2.24) is 13.9 Å². The lowest BCUT2D eigenvalue weighted by Gasteiger charge is -2.14. The molecule has 1 heterocycles. The van der Waals surface area contributed by atoms with Crippen molar-refractivity contribution in [1.29, 1.82) is 0 Å². The number of sulfonamides is 1. The predicted octanol–water partition coefficient (Wildman–Crippen LogP) is -0.123. The fraction of sp³-hybridized carbons (Fsp3) is 0.368. The molecule has 0 saturated heterocycles. The molecule has 2 aromatic rings. The van der Waals surface area contributed by atoms with E-state index in [1.54, 1.807) is 13.8 Å². The molecule has 0 unspecified atom stereocenters. The molecule has 31 heavy (non-hydrogen) atoms. The van der Waals surface area contributed by atoms with Gasteiger partial charge in [0.1, 0.15) is 11.4 Å². The molecule has 0 aliphatic heterocycles. The van der Waals surface area contributed by atoms with Crippen LogP contribution >= 0.6 is 0 Å². The predicted molar refractivity (Wildman–Crippen MR) is 113 cm³/mol. The zero-order chi connectivity index (χ0) is 23.3. The fourth-order valence-corrected chi connectivity index (χ4v) is 3.86. The molecule has 0 bridgehead atoms. The summed E-state index contributed by atoms with van der Waals surface area (Å²) in [5.74, 6) is -2.03. The smallest absolute Gasteiger partial charge is 0.338 e. The number of anilines is 1. The molecule has 0 amide bonds. The van der Waals surface area contributed by atoms with Crippen LogP contribution in [0.25, 0.3) is 0 Å². The van der Waals surface area contributed by atoms with Crippen LogP contribution in [0.5, 0.6) is 0 Å². The monoisotopic (exact) mass is 452 g/mol. The Balaban J connectivity index is 2.21. The molecular weight excluding hydrogens is 428 g/mol. The van der Waals surface area contributed by atoms with Crippen molar-refractivity contribution in [2.75, 3.05) is 18.9 Å². The molecule has 1 aromatic carbocycles. The molecule has 1 aromatic heterocycles. The number of ether oxygens (including phenoxy) is 1. The Morgan fingerprint density at radius 1 is 1.13 bits per heavy atom. The van der Waals surface area contributed by atoms with Crippen LogP contribution in [0.4, 0.5) is 5.82 Å². The summed E-state index contributed by atoms with van der Waals surface area (Å²) in [5, 5.41) is 0. The molecule has 3 N–H and O–H groups in total. The second-order valence-corrected chi connectivity index (χ2v) is 8.35. The van der Waals surface area contributed by atoms with Gasteiger partial charge in [0.15, 0.2) is 6.61 Å². The third-order valence-electron chi connectivity index (χ3n) is 4.38. The van der Waals surface area contributed by atoms with E-state index in [1.165, 1.54) is 31.3 Å². The maximum Gasteiger partial charge on any atom is 0.338 e. The third kappa shape index (κ3) is 5.09. The lowest BCUT2D eigenvalue weighted by molar-refractivity contribution is 0.0474. The first-order valence-corrected chi connectivity index (χ1v) is 10.9. The van der Waals surface area contributed by atoms with E-state index in [2.05, 4.69) is 4.72 Å². The number of benzene rings is 1. The first-order chi connectivity index (χ1) is 14.5. The summed E-state index contributed by atoms with van der Waals surface area (Å²) in [7, 11) is -2.45. The van der Waals surface area contributed by atoms with E-state index >= 15 is 0 Å². The van der Waals surface area contributed by atoms with Gasteiger partial charge in [0.2, 0.25) is 15.8 Å². The second kappa shape index (κ2) is 9.71. The van der Waals surface area contributed by atoms with Crippen molar-refractivity contribution < 1.29 is 22.7 Å². The van der Waals surface area contributed by atoms with Gasteiger partial charge in [-0.3, -0.25) is 18.7 Å². The standard InChI is InChI=1S/C19H24N4O7S/c1-4-10-23-16(20)15(17(25)22(3)19(23)27)14(24)11-30-18(26)12-6-8-13(9-7-12)31(28,29)21-5-2/h6-9,21H,4-5,10-11,20H2,1-3H3. The average Bonchev–Trinajstić information content (AvgIpc) is 2.73. The highest BCUT2D eigenvalue weighted by Crippen LogP contribution is 2.12. The molecule has 11 nitrogen and oxygen atoms in total. The van der Waals surface area contributed by atoms with Crippen LogP contribution in [0.15, 0.2) is 38.8 Å². The van der Waals surface area contributed by atoms with Crippen LogP contribution in [0.2, 0.25) is 0 Å². The first kappa shape index (κ1) is 24.0. The van der Waals surface area contributed by atoms with Crippen LogP contribution in [0.3, 0.4) is 0 Å². The number of carbonyl (C=O) groups excluding carboxylic acids is 2. The molecule has 0 spiro atoms. The highest BCUT2D eigenvalue weighted by atomic mass is 32.2. The van der Waals surface area contributed by atoms with E-state index in [0.29, 0.717) is 6.42 Å². The highest BCUT2D eigenvalue weighted by molar-refractivity contribution is 7.89. The minimum Gasteiger partial charge on any atom is -0.454 e. The number of Topliss-reactive ketones (excluding diaryl/α,β-unsaturated/α-hetero) is 1. The summed E-state index contributed by atoms with van der Waals surface area (Å²) < 4.78 is 33.0. The number of carbonyl (C=O) groups is 2. The molecule has 0 aliphatic carbocycles. The summed E-state index contributed by atoms with van der Waals surface area (Å²) in [4.78, 5) is 49.2. The summed E-state index contributed by atoms with van der Waals surface area (Å²) in [6, 6.07) is 4.94. The number of aromatic nitrogens is 2. The van der Waals surface area contributed by atoms with E-state index in [9.17, 15) is 27.6 Å². The normalized spacial score (nSPS) is 11.3. The van der Waals surface area contributed by atoms with Crippen molar-refractivity contribution >= 4 is 27.6 Å². The van der Waals surface area contributed by atoms with Crippen molar-refractivity contribution in [2.45, 2.75) is 31.7 Å². The fourth-order valence-electron chi connectivity index (χ4n) is 2.82. The Kier molecular flexibility index (Phi) is 7.52.